The van der Waals surface area contributed by atoms with Crippen LogP contribution >= 0.6 is 0 Å². The van der Waals surface area contributed by atoms with Gasteiger partial charge in [0, 0.05) is 6.04 Å². The average Bonchev–Trinajstić information content (AvgIpc) is 3.06. The van der Waals surface area contributed by atoms with E-state index >= 15 is 0 Å². The van der Waals surface area contributed by atoms with Gasteiger partial charge in [-0.2, -0.15) is 0 Å². The van der Waals surface area contributed by atoms with Gasteiger partial charge in [0.15, 0.2) is 0 Å². The predicted molar refractivity (Wildman–Crippen MR) is 78.7 cm³/mol. The molecule has 3 rings (SSSR count). The molecule has 1 saturated carbocycles. The molecule has 0 spiro atoms. The normalized spacial score (nSPS) is 22.7. The summed E-state index contributed by atoms with van der Waals surface area (Å²) in [5.74, 6) is 1.16. The molecule has 0 bridgehead atoms. The lowest BCUT2D eigenvalue weighted by Crippen LogP contribution is -2.19. The molecule has 0 aromatic heterocycles. The minimum absolute atomic E-state index is 0.467. The van der Waals surface area contributed by atoms with Crippen LogP contribution in [0.4, 0.5) is 0 Å². The third kappa shape index (κ3) is 2.79. The molecule has 104 valence electrons. The lowest BCUT2D eigenvalue weighted by Gasteiger charge is -2.17. The molecule has 1 fully saturated rings. The zero-order chi connectivity index (χ0) is 13.1. The Morgan fingerprint density at radius 3 is 2.84 bits per heavy atom. The molecular weight excluding hydrogens is 234 g/mol. The molecule has 1 atom stereocenters. The van der Waals surface area contributed by atoms with E-state index in [4.69, 9.17) is 4.74 Å². The smallest absolute Gasteiger partial charge is 0.123 e. The molecule has 2 aliphatic carbocycles. The van der Waals surface area contributed by atoms with Crippen LogP contribution in [-0.4, -0.2) is 12.6 Å². The monoisotopic (exact) mass is 259 g/mol. The summed E-state index contributed by atoms with van der Waals surface area (Å²) in [5, 5.41) is 3.65. The van der Waals surface area contributed by atoms with Gasteiger partial charge in [-0.15, -0.1) is 0 Å². The van der Waals surface area contributed by atoms with Crippen molar-refractivity contribution < 1.29 is 4.74 Å². The van der Waals surface area contributed by atoms with E-state index in [9.17, 15) is 0 Å². The van der Waals surface area contributed by atoms with Gasteiger partial charge in [0.1, 0.15) is 5.75 Å². The predicted octanol–water partition coefficient (Wildman–Crippen LogP) is 3.99. The van der Waals surface area contributed by atoms with Crippen LogP contribution in [0, 0.1) is 0 Å². The summed E-state index contributed by atoms with van der Waals surface area (Å²) in [6.45, 7) is 3.33. The molecule has 1 aromatic rings. The van der Waals surface area contributed by atoms with Crippen LogP contribution in [0.5, 0.6) is 5.75 Å². The van der Waals surface area contributed by atoms with Gasteiger partial charge in [-0.3, -0.25) is 0 Å². The van der Waals surface area contributed by atoms with Gasteiger partial charge in [-0.1, -0.05) is 19.1 Å². The molecule has 0 aliphatic heterocycles. The van der Waals surface area contributed by atoms with Crippen molar-refractivity contribution in [2.24, 2.45) is 0 Å². The van der Waals surface area contributed by atoms with Crippen LogP contribution in [0.1, 0.15) is 62.6 Å². The average molecular weight is 259 g/mol. The maximum absolute atomic E-state index is 6.24. The Morgan fingerprint density at radius 1 is 1.21 bits per heavy atom. The van der Waals surface area contributed by atoms with Gasteiger partial charge >= 0.3 is 0 Å². The molecular formula is C17H25NO. The first kappa shape index (κ1) is 13.0. The third-order valence-corrected chi connectivity index (χ3v) is 4.46. The topological polar surface area (TPSA) is 21.3 Å². The Balaban J connectivity index is 1.74. The first-order valence-electron chi connectivity index (χ1n) is 7.90. The summed E-state index contributed by atoms with van der Waals surface area (Å²) in [4.78, 5) is 0. The Morgan fingerprint density at radius 2 is 2.05 bits per heavy atom. The quantitative estimate of drug-likeness (QED) is 0.863. The Bertz CT molecular complexity index is 423. The molecule has 2 aliphatic rings. The van der Waals surface area contributed by atoms with E-state index in [1.54, 1.807) is 0 Å². The van der Waals surface area contributed by atoms with Crippen molar-refractivity contribution >= 4 is 0 Å². The molecule has 0 amide bonds. The van der Waals surface area contributed by atoms with Gasteiger partial charge < -0.3 is 10.1 Å². The fourth-order valence-electron chi connectivity index (χ4n) is 3.45. The molecule has 0 heterocycles. The summed E-state index contributed by atoms with van der Waals surface area (Å²) in [5.41, 5.74) is 2.94. The van der Waals surface area contributed by atoms with Gasteiger partial charge in [-0.25, -0.2) is 0 Å². The molecule has 19 heavy (non-hydrogen) atoms. The van der Waals surface area contributed by atoms with Crippen molar-refractivity contribution in [1.29, 1.82) is 0 Å². The van der Waals surface area contributed by atoms with Gasteiger partial charge in [0.05, 0.1) is 6.10 Å². The molecule has 2 nitrogen and oxygen atoms in total. The van der Waals surface area contributed by atoms with Gasteiger partial charge in [-0.05, 0) is 68.7 Å². The third-order valence-electron chi connectivity index (χ3n) is 4.46. The molecule has 0 saturated heterocycles. The van der Waals surface area contributed by atoms with Crippen LogP contribution in [0.15, 0.2) is 18.2 Å². The molecule has 1 unspecified atom stereocenters. The van der Waals surface area contributed by atoms with Crippen LogP contribution in [0.2, 0.25) is 0 Å². The zero-order valence-electron chi connectivity index (χ0n) is 12.0. The highest BCUT2D eigenvalue weighted by Gasteiger charge is 2.26. The first-order chi connectivity index (χ1) is 9.38. The zero-order valence-corrected chi connectivity index (χ0v) is 12.0. The van der Waals surface area contributed by atoms with E-state index in [0.29, 0.717) is 12.1 Å². The summed E-state index contributed by atoms with van der Waals surface area (Å²) >= 11 is 0. The number of nitrogens with one attached hydrogen (secondary N) is 1. The van der Waals surface area contributed by atoms with E-state index in [0.717, 1.165) is 12.3 Å². The number of ether oxygens (including phenoxy) is 1. The van der Waals surface area contributed by atoms with Crippen LogP contribution in [0.25, 0.3) is 0 Å². The van der Waals surface area contributed by atoms with Crippen molar-refractivity contribution in [3.8, 4) is 5.75 Å². The summed E-state index contributed by atoms with van der Waals surface area (Å²) in [6.07, 6.45) is 9.20. The maximum Gasteiger partial charge on any atom is 0.123 e. The lowest BCUT2D eigenvalue weighted by molar-refractivity contribution is 0.208. The van der Waals surface area contributed by atoms with Gasteiger partial charge in [0.2, 0.25) is 0 Å². The fraction of sp³-hybridized carbons (Fsp3) is 0.647. The second kappa shape index (κ2) is 5.96. The number of benzene rings is 1. The minimum Gasteiger partial charge on any atom is -0.490 e. The van der Waals surface area contributed by atoms with Crippen molar-refractivity contribution in [3.05, 3.63) is 29.3 Å². The highest BCUT2D eigenvalue weighted by atomic mass is 16.5. The van der Waals surface area contributed by atoms with Crippen molar-refractivity contribution in [3.63, 3.8) is 0 Å². The van der Waals surface area contributed by atoms with Crippen LogP contribution in [-0.2, 0) is 6.42 Å². The second-order valence-electron chi connectivity index (χ2n) is 5.89. The van der Waals surface area contributed by atoms with Crippen LogP contribution < -0.4 is 10.1 Å². The van der Waals surface area contributed by atoms with Crippen molar-refractivity contribution in [1.82, 2.24) is 5.32 Å². The number of rotatable bonds is 5. The number of fused-ring (bicyclic) bond motifs is 1. The summed E-state index contributed by atoms with van der Waals surface area (Å²) in [6, 6.07) is 7.15. The molecule has 1 aromatic carbocycles. The fourth-order valence-corrected chi connectivity index (χ4v) is 3.45. The van der Waals surface area contributed by atoms with Crippen molar-refractivity contribution in [2.45, 2.75) is 64.0 Å². The maximum atomic E-state index is 6.24. The molecule has 1 N–H and O–H groups in total. The van der Waals surface area contributed by atoms with E-state index in [2.05, 4.69) is 30.4 Å². The standard InChI is InChI=1S/C17H25NO/c1-2-12-18-16-11-10-15-14(16)8-5-9-17(15)19-13-6-3-4-7-13/h5,8-9,13,16,18H,2-4,6-7,10-12H2,1H3. The number of hydrogen-bond acceptors (Lipinski definition) is 2. The highest BCUT2D eigenvalue weighted by molar-refractivity contribution is 5.45. The second-order valence-corrected chi connectivity index (χ2v) is 5.89. The molecule has 0 radical (unpaired) electrons. The summed E-state index contributed by atoms with van der Waals surface area (Å²) in [7, 11) is 0. The summed E-state index contributed by atoms with van der Waals surface area (Å²) < 4.78 is 6.24. The number of hydrogen-bond donors (Lipinski definition) is 1. The van der Waals surface area contributed by atoms with E-state index in [1.165, 1.54) is 56.1 Å². The minimum atomic E-state index is 0.467. The Labute approximate surface area is 116 Å². The van der Waals surface area contributed by atoms with Crippen LogP contribution in [0.3, 0.4) is 0 Å². The first-order valence-corrected chi connectivity index (χ1v) is 7.90. The molecule has 2 heteroatoms. The van der Waals surface area contributed by atoms with Gasteiger partial charge in [0.25, 0.3) is 0 Å². The highest BCUT2D eigenvalue weighted by Crippen LogP contribution is 2.38. The Hall–Kier alpha value is -1.02. The SMILES string of the molecule is CCCNC1CCc2c(OC3CCCC3)cccc21. The van der Waals surface area contributed by atoms with E-state index in [-0.39, 0.29) is 0 Å². The lowest BCUT2D eigenvalue weighted by atomic mass is 10.1. The van der Waals surface area contributed by atoms with E-state index < -0.39 is 0 Å². The Kier molecular flexibility index (Phi) is 4.07. The van der Waals surface area contributed by atoms with Crippen molar-refractivity contribution in [2.75, 3.05) is 6.54 Å². The van der Waals surface area contributed by atoms with E-state index in [1.807, 2.05) is 0 Å². The largest absolute Gasteiger partial charge is 0.490 e.